The lowest BCUT2D eigenvalue weighted by Crippen LogP contribution is -2.50. The second-order valence-electron chi connectivity index (χ2n) is 2.53. The van der Waals surface area contributed by atoms with Gasteiger partial charge in [-0.05, 0) is 20.1 Å². The van der Waals surface area contributed by atoms with E-state index in [0.717, 1.165) is 25.9 Å². The minimum Gasteiger partial charge on any atom is -0.376 e. The van der Waals surface area contributed by atoms with Crippen LogP contribution in [0.3, 0.4) is 0 Å². The van der Waals surface area contributed by atoms with E-state index in [1.807, 2.05) is 0 Å². The Bertz CT molecular complexity index is 89.1. The Balaban J connectivity index is 2.37. The molecule has 1 heterocycles. The van der Waals surface area contributed by atoms with Gasteiger partial charge >= 0.3 is 0 Å². The Morgan fingerprint density at radius 1 is 1.44 bits per heavy atom. The minimum atomic E-state index is -0.592. The van der Waals surface area contributed by atoms with Gasteiger partial charge in [0.1, 0.15) is 5.72 Å². The summed E-state index contributed by atoms with van der Waals surface area (Å²) in [6, 6.07) is 0. The van der Waals surface area contributed by atoms with Crippen molar-refractivity contribution in [3.8, 4) is 0 Å². The number of nitrogens with one attached hydrogen (secondary N) is 2. The number of rotatable bonds is 1. The van der Waals surface area contributed by atoms with E-state index >= 15 is 0 Å². The summed E-state index contributed by atoms with van der Waals surface area (Å²) in [6.07, 6.45) is 1.62. The van der Waals surface area contributed by atoms with E-state index in [1.54, 1.807) is 7.05 Å². The van der Waals surface area contributed by atoms with Gasteiger partial charge in [-0.2, -0.15) is 0 Å². The van der Waals surface area contributed by atoms with Gasteiger partial charge in [0.15, 0.2) is 0 Å². The molecular weight excluding hydrogens is 116 g/mol. The standard InChI is InChI=1S/C6H14N2O/c1-7-6(9)2-4-8-5-3-6/h7-9H,2-5H2,1H3. The average Bonchev–Trinajstić information content (AvgIpc) is 1.90. The topological polar surface area (TPSA) is 44.3 Å². The molecule has 9 heavy (non-hydrogen) atoms. The monoisotopic (exact) mass is 130 g/mol. The van der Waals surface area contributed by atoms with Crippen molar-refractivity contribution in [3.05, 3.63) is 0 Å². The third-order valence-corrected chi connectivity index (χ3v) is 1.90. The highest BCUT2D eigenvalue weighted by Gasteiger charge is 2.25. The fourth-order valence-corrected chi connectivity index (χ4v) is 1.09. The summed E-state index contributed by atoms with van der Waals surface area (Å²) in [5, 5.41) is 15.6. The first-order valence-corrected chi connectivity index (χ1v) is 3.39. The van der Waals surface area contributed by atoms with E-state index in [9.17, 15) is 5.11 Å². The molecule has 0 amide bonds. The minimum absolute atomic E-state index is 0.592. The second kappa shape index (κ2) is 2.64. The maximum Gasteiger partial charge on any atom is 0.118 e. The summed E-state index contributed by atoms with van der Waals surface area (Å²) >= 11 is 0. The van der Waals surface area contributed by atoms with Crippen LogP contribution in [0.15, 0.2) is 0 Å². The molecule has 54 valence electrons. The highest BCUT2D eigenvalue weighted by Crippen LogP contribution is 2.12. The van der Waals surface area contributed by atoms with Crippen LogP contribution in [0, 0.1) is 0 Å². The van der Waals surface area contributed by atoms with Gasteiger partial charge in [-0.15, -0.1) is 0 Å². The molecular formula is C6H14N2O. The van der Waals surface area contributed by atoms with Crippen LogP contribution in [0.1, 0.15) is 12.8 Å². The lowest BCUT2D eigenvalue weighted by molar-refractivity contribution is -0.0149. The second-order valence-corrected chi connectivity index (χ2v) is 2.53. The van der Waals surface area contributed by atoms with E-state index in [1.165, 1.54) is 0 Å². The van der Waals surface area contributed by atoms with E-state index in [4.69, 9.17) is 0 Å². The SMILES string of the molecule is CNC1(O)CCNCC1. The Morgan fingerprint density at radius 2 is 2.00 bits per heavy atom. The summed E-state index contributed by atoms with van der Waals surface area (Å²) < 4.78 is 0. The van der Waals surface area contributed by atoms with Gasteiger partial charge < -0.3 is 10.4 Å². The van der Waals surface area contributed by atoms with Crippen LogP contribution in [-0.4, -0.2) is 31.0 Å². The number of hydrogen-bond acceptors (Lipinski definition) is 3. The highest BCUT2D eigenvalue weighted by molar-refractivity contribution is 4.79. The van der Waals surface area contributed by atoms with Gasteiger partial charge in [0.2, 0.25) is 0 Å². The number of aliphatic hydroxyl groups is 1. The molecule has 0 saturated carbocycles. The smallest absolute Gasteiger partial charge is 0.118 e. The Labute approximate surface area is 55.5 Å². The van der Waals surface area contributed by atoms with Crippen LogP contribution in [-0.2, 0) is 0 Å². The molecule has 0 aliphatic carbocycles. The summed E-state index contributed by atoms with van der Waals surface area (Å²) in [7, 11) is 1.80. The first kappa shape index (κ1) is 6.99. The molecule has 0 spiro atoms. The van der Waals surface area contributed by atoms with Gasteiger partial charge in [-0.1, -0.05) is 0 Å². The van der Waals surface area contributed by atoms with Crippen molar-refractivity contribution >= 4 is 0 Å². The summed E-state index contributed by atoms with van der Waals surface area (Å²) in [4.78, 5) is 0. The van der Waals surface area contributed by atoms with Crippen LogP contribution >= 0.6 is 0 Å². The molecule has 1 saturated heterocycles. The quantitative estimate of drug-likeness (QED) is 0.410. The molecule has 0 radical (unpaired) electrons. The molecule has 3 heteroatoms. The van der Waals surface area contributed by atoms with Crippen molar-refractivity contribution in [1.82, 2.24) is 10.6 Å². The van der Waals surface area contributed by atoms with Crippen LogP contribution in [0.2, 0.25) is 0 Å². The molecule has 1 aliphatic heterocycles. The molecule has 3 nitrogen and oxygen atoms in total. The summed E-state index contributed by atoms with van der Waals surface area (Å²) in [6.45, 7) is 1.83. The van der Waals surface area contributed by atoms with Gasteiger partial charge in [0.05, 0.1) is 0 Å². The van der Waals surface area contributed by atoms with Crippen LogP contribution in [0.4, 0.5) is 0 Å². The predicted octanol–water partition coefficient (Wildman–Crippen LogP) is -0.722. The van der Waals surface area contributed by atoms with Crippen LogP contribution in [0.25, 0.3) is 0 Å². The maximum atomic E-state index is 9.53. The van der Waals surface area contributed by atoms with E-state index in [0.29, 0.717) is 0 Å². The maximum absolute atomic E-state index is 9.53. The Hall–Kier alpha value is -0.120. The fraction of sp³-hybridized carbons (Fsp3) is 1.00. The van der Waals surface area contributed by atoms with E-state index < -0.39 is 5.72 Å². The lowest BCUT2D eigenvalue weighted by Gasteiger charge is -2.31. The summed E-state index contributed by atoms with van der Waals surface area (Å²) in [5.41, 5.74) is -0.592. The Morgan fingerprint density at radius 3 is 2.33 bits per heavy atom. The van der Waals surface area contributed by atoms with Gasteiger partial charge in [-0.25, -0.2) is 0 Å². The highest BCUT2D eigenvalue weighted by atomic mass is 16.3. The third-order valence-electron chi connectivity index (χ3n) is 1.90. The average molecular weight is 130 g/mol. The summed E-state index contributed by atoms with van der Waals surface area (Å²) in [5.74, 6) is 0. The normalized spacial score (nSPS) is 26.0. The molecule has 0 unspecified atom stereocenters. The zero-order valence-corrected chi connectivity index (χ0v) is 5.78. The molecule has 1 aliphatic rings. The van der Waals surface area contributed by atoms with Crippen molar-refractivity contribution in [2.45, 2.75) is 18.6 Å². The largest absolute Gasteiger partial charge is 0.376 e. The first-order valence-electron chi connectivity index (χ1n) is 3.39. The van der Waals surface area contributed by atoms with Gasteiger partial charge in [0.25, 0.3) is 0 Å². The molecule has 1 rings (SSSR count). The van der Waals surface area contributed by atoms with Crippen LogP contribution in [0.5, 0.6) is 0 Å². The van der Waals surface area contributed by atoms with Crippen molar-refractivity contribution < 1.29 is 5.11 Å². The third kappa shape index (κ3) is 1.64. The Kier molecular flexibility index (Phi) is 2.05. The molecule has 3 N–H and O–H groups in total. The fourth-order valence-electron chi connectivity index (χ4n) is 1.09. The van der Waals surface area contributed by atoms with Gasteiger partial charge in [0, 0.05) is 12.8 Å². The molecule has 0 aromatic carbocycles. The zero-order chi connectivity index (χ0) is 6.74. The molecule has 0 aromatic heterocycles. The van der Waals surface area contributed by atoms with Crippen molar-refractivity contribution in [1.29, 1.82) is 0 Å². The number of piperidine rings is 1. The van der Waals surface area contributed by atoms with Crippen molar-refractivity contribution in [2.75, 3.05) is 20.1 Å². The molecule has 0 bridgehead atoms. The van der Waals surface area contributed by atoms with Crippen molar-refractivity contribution in [3.63, 3.8) is 0 Å². The van der Waals surface area contributed by atoms with Crippen molar-refractivity contribution in [2.24, 2.45) is 0 Å². The molecule has 0 atom stereocenters. The zero-order valence-electron chi connectivity index (χ0n) is 5.78. The number of hydrogen-bond donors (Lipinski definition) is 3. The molecule has 0 aromatic rings. The molecule has 1 fully saturated rings. The lowest BCUT2D eigenvalue weighted by atomic mass is 10.0. The van der Waals surface area contributed by atoms with Gasteiger partial charge in [-0.3, -0.25) is 5.32 Å². The first-order chi connectivity index (χ1) is 4.27. The van der Waals surface area contributed by atoms with E-state index in [-0.39, 0.29) is 0 Å². The predicted molar refractivity (Wildman–Crippen MR) is 36.1 cm³/mol. The van der Waals surface area contributed by atoms with E-state index in [2.05, 4.69) is 10.6 Å². The van der Waals surface area contributed by atoms with Crippen LogP contribution < -0.4 is 10.6 Å².